The molecule has 3 N–H and O–H groups in total. The first-order valence-electron chi connectivity index (χ1n) is 8.53. The molecule has 0 radical (unpaired) electrons. The van der Waals surface area contributed by atoms with E-state index in [-0.39, 0.29) is 22.8 Å². The Morgan fingerprint density at radius 2 is 1.67 bits per heavy atom. The molecule has 1 rings (SSSR count). The number of rotatable bonds is 7. The van der Waals surface area contributed by atoms with E-state index >= 15 is 0 Å². The van der Waals surface area contributed by atoms with Crippen molar-refractivity contribution in [1.29, 1.82) is 0 Å². The van der Waals surface area contributed by atoms with Crippen molar-refractivity contribution in [3.63, 3.8) is 0 Å². The van der Waals surface area contributed by atoms with E-state index in [1.165, 1.54) is 0 Å². The van der Waals surface area contributed by atoms with Crippen LogP contribution >= 0.6 is 0 Å². The minimum absolute atomic E-state index is 0.0190. The third-order valence-corrected chi connectivity index (χ3v) is 4.47. The van der Waals surface area contributed by atoms with Gasteiger partial charge in [0.25, 0.3) is 0 Å². The monoisotopic (exact) mass is 330 g/mol. The zero-order valence-corrected chi connectivity index (χ0v) is 15.5. The van der Waals surface area contributed by atoms with Gasteiger partial charge < -0.3 is 15.3 Å². The van der Waals surface area contributed by atoms with Crippen molar-refractivity contribution >= 4 is 5.57 Å². The molecule has 3 heteroatoms. The molecule has 0 aliphatic heterocycles. The first-order chi connectivity index (χ1) is 11.3. The van der Waals surface area contributed by atoms with E-state index in [1.54, 1.807) is 6.92 Å². The van der Waals surface area contributed by atoms with Crippen LogP contribution in [0, 0.1) is 6.92 Å². The molecule has 0 atom stereocenters. The van der Waals surface area contributed by atoms with Crippen LogP contribution in [0.5, 0.6) is 17.2 Å². The lowest BCUT2D eigenvalue weighted by Gasteiger charge is -2.19. The van der Waals surface area contributed by atoms with E-state index in [9.17, 15) is 15.3 Å². The third-order valence-electron chi connectivity index (χ3n) is 4.47. The fraction of sp³-hybridized carbons (Fsp3) is 0.429. The predicted molar refractivity (Wildman–Crippen MR) is 102 cm³/mol. The second-order valence-electron chi connectivity index (χ2n) is 6.30. The van der Waals surface area contributed by atoms with Gasteiger partial charge in [-0.1, -0.05) is 44.1 Å². The SMILES string of the molecule is C=C(C)/C(C)=C(/C=CC)c1c(O)c(C)c(CCCCC)c(O)c1O. The molecule has 0 saturated heterocycles. The van der Waals surface area contributed by atoms with Gasteiger partial charge in [-0.15, -0.1) is 0 Å². The van der Waals surface area contributed by atoms with Crippen molar-refractivity contribution in [1.82, 2.24) is 0 Å². The van der Waals surface area contributed by atoms with Gasteiger partial charge in [0.1, 0.15) is 5.75 Å². The van der Waals surface area contributed by atoms with Gasteiger partial charge >= 0.3 is 0 Å². The second-order valence-corrected chi connectivity index (χ2v) is 6.30. The van der Waals surface area contributed by atoms with Gasteiger partial charge in [0.2, 0.25) is 0 Å². The second kappa shape index (κ2) is 8.62. The van der Waals surface area contributed by atoms with Crippen molar-refractivity contribution in [3.05, 3.63) is 46.6 Å². The van der Waals surface area contributed by atoms with Crippen LogP contribution in [-0.2, 0) is 6.42 Å². The fourth-order valence-corrected chi connectivity index (χ4v) is 2.79. The van der Waals surface area contributed by atoms with Gasteiger partial charge in [0.15, 0.2) is 11.5 Å². The summed E-state index contributed by atoms with van der Waals surface area (Å²) in [5, 5.41) is 31.7. The summed E-state index contributed by atoms with van der Waals surface area (Å²) in [6, 6.07) is 0. The number of hydrogen-bond donors (Lipinski definition) is 3. The zero-order valence-electron chi connectivity index (χ0n) is 15.5. The van der Waals surface area contributed by atoms with E-state index in [0.717, 1.165) is 30.4 Å². The first kappa shape index (κ1) is 19.9. The quantitative estimate of drug-likeness (QED) is 0.257. The number of phenols is 3. The Balaban J connectivity index is 3.62. The topological polar surface area (TPSA) is 60.7 Å². The molecule has 0 aliphatic carbocycles. The molecule has 0 spiro atoms. The molecule has 0 aromatic heterocycles. The Morgan fingerprint density at radius 1 is 1.04 bits per heavy atom. The van der Waals surface area contributed by atoms with Crippen molar-refractivity contribution < 1.29 is 15.3 Å². The summed E-state index contributed by atoms with van der Waals surface area (Å²) in [4.78, 5) is 0. The molecule has 1 aromatic rings. The lowest BCUT2D eigenvalue weighted by Crippen LogP contribution is -1.98. The zero-order chi connectivity index (χ0) is 18.4. The minimum Gasteiger partial charge on any atom is -0.507 e. The van der Waals surface area contributed by atoms with E-state index in [1.807, 2.05) is 32.9 Å². The molecular weight excluding hydrogens is 300 g/mol. The molecule has 0 heterocycles. The summed E-state index contributed by atoms with van der Waals surface area (Å²) >= 11 is 0. The van der Waals surface area contributed by atoms with Crippen LogP contribution in [0.3, 0.4) is 0 Å². The highest BCUT2D eigenvalue weighted by molar-refractivity contribution is 5.87. The molecule has 0 amide bonds. The number of phenolic OH excluding ortho intramolecular Hbond substituents is 3. The van der Waals surface area contributed by atoms with Crippen LogP contribution in [0.25, 0.3) is 5.57 Å². The minimum atomic E-state index is -0.265. The van der Waals surface area contributed by atoms with Gasteiger partial charge in [-0.25, -0.2) is 0 Å². The molecule has 0 saturated carbocycles. The van der Waals surface area contributed by atoms with Gasteiger partial charge in [-0.05, 0) is 57.2 Å². The average molecular weight is 330 g/mol. The summed E-state index contributed by atoms with van der Waals surface area (Å²) in [7, 11) is 0. The fourth-order valence-electron chi connectivity index (χ4n) is 2.79. The summed E-state index contributed by atoms with van der Waals surface area (Å²) in [6.07, 6.45) is 7.31. The number of hydrogen-bond acceptors (Lipinski definition) is 3. The van der Waals surface area contributed by atoms with Crippen LogP contribution < -0.4 is 0 Å². The van der Waals surface area contributed by atoms with E-state index in [4.69, 9.17) is 0 Å². The number of benzene rings is 1. The smallest absolute Gasteiger partial charge is 0.169 e. The van der Waals surface area contributed by atoms with Crippen molar-refractivity contribution in [2.24, 2.45) is 0 Å². The highest BCUT2D eigenvalue weighted by atomic mass is 16.3. The van der Waals surface area contributed by atoms with Gasteiger partial charge in [-0.2, -0.15) is 0 Å². The molecule has 3 nitrogen and oxygen atoms in total. The van der Waals surface area contributed by atoms with Crippen molar-refractivity contribution in [3.8, 4) is 17.2 Å². The predicted octanol–water partition coefficient (Wildman–Crippen LogP) is 5.77. The van der Waals surface area contributed by atoms with Gasteiger partial charge in [-0.3, -0.25) is 0 Å². The average Bonchev–Trinajstić information content (AvgIpc) is 2.54. The first-order valence-corrected chi connectivity index (χ1v) is 8.53. The molecule has 24 heavy (non-hydrogen) atoms. The Hall–Kier alpha value is -2.16. The lowest BCUT2D eigenvalue weighted by molar-refractivity contribution is 0.388. The van der Waals surface area contributed by atoms with E-state index in [0.29, 0.717) is 23.1 Å². The Bertz CT molecular complexity index is 650. The summed E-state index contributed by atoms with van der Waals surface area (Å²) < 4.78 is 0. The Labute approximate surface area is 145 Å². The Kier molecular flexibility index (Phi) is 7.15. The van der Waals surface area contributed by atoms with Crippen LogP contribution in [0.15, 0.2) is 29.9 Å². The number of allylic oxidation sites excluding steroid dienone is 5. The molecular formula is C21H30O3. The van der Waals surface area contributed by atoms with Crippen LogP contribution in [-0.4, -0.2) is 15.3 Å². The summed E-state index contributed by atoms with van der Waals surface area (Å²) in [6.45, 7) is 13.5. The highest BCUT2D eigenvalue weighted by Gasteiger charge is 2.23. The lowest BCUT2D eigenvalue weighted by atomic mass is 9.90. The van der Waals surface area contributed by atoms with Crippen molar-refractivity contribution in [2.75, 3.05) is 0 Å². The summed E-state index contributed by atoms with van der Waals surface area (Å²) in [5.74, 6) is -0.378. The van der Waals surface area contributed by atoms with Crippen molar-refractivity contribution in [2.45, 2.75) is 60.3 Å². The van der Waals surface area contributed by atoms with Crippen LogP contribution in [0.2, 0.25) is 0 Å². The Morgan fingerprint density at radius 3 is 2.17 bits per heavy atom. The highest BCUT2D eigenvalue weighted by Crippen LogP contribution is 2.47. The van der Waals surface area contributed by atoms with Crippen LogP contribution in [0.1, 0.15) is 63.6 Å². The summed E-state index contributed by atoms with van der Waals surface area (Å²) in [5.41, 5.74) is 3.87. The third kappa shape index (κ3) is 4.02. The van der Waals surface area contributed by atoms with E-state index < -0.39 is 0 Å². The molecule has 0 bridgehead atoms. The molecule has 1 aromatic carbocycles. The normalized spacial score (nSPS) is 12.5. The maximum atomic E-state index is 10.7. The maximum absolute atomic E-state index is 10.7. The van der Waals surface area contributed by atoms with E-state index in [2.05, 4.69) is 13.5 Å². The number of unbranched alkanes of at least 4 members (excludes halogenated alkanes) is 2. The molecule has 132 valence electrons. The number of aromatic hydroxyl groups is 3. The van der Waals surface area contributed by atoms with Gasteiger partial charge in [0.05, 0.1) is 5.56 Å². The molecule has 0 unspecified atom stereocenters. The van der Waals surface area contributed by atoms with Gasteiger partial charge in [0, 0.05) is 5.56 Å². The molecule has 0 fully saturated rings. The standard InChI is InChI=1S/C21H30O3/c1-7-9-10-12-17-15(6)19(22)18(21(24)20(17)23)16(11-8-2)14(5)13(3)4/h8,11,22-24H,3,7,9-10,12H2,1-2,4-6H3/b11-8?,16-14-. The largest absolute Gasteiger partial charge is 0.507 e. The molecule has 0 aliphatic rings. The van der Waals surface area contributed by atoms with Crippen LogP contribution in [0.4, 0.5) is 0 Å². The maximum Gasteiger partial charge on any atom is 0.169 e.